The Morgan fingerprint density at radius 3 is 2.55 bits per heavy atom. The first-order chi connectivity index (χ1) is 10.3. The van der Waals surface area contributed by atoms with Crippen molar-refractivity contribution >= 4 is 10.0 Å². The number of hydrogen-bond donors (Lipinski definition) is 1. The summed E-state index contributed by atoms with van der Waals surface area (Å²) in [5, 5.41) is 3.58. The molecule has 0 bridgehead atoms. The number of benzene rings is 1. The standard InChI is InChI=1S/C16H25FN2O2S/c1-4-13-11-19(22(3,20)21)10-9-16(13)18-12(2)14-5-7-15(17)8-6-14/h5-8,12-13,16,18H,4,9-11H2,1-3H3/t12-,13+,16+/m0/s1. The Morgan fingerprint density at radius 2 is 2.00 bits per heavy atom. The molecule has 0 radical (unpaired) electrons. The Kier molecular flexibility index (Phi) is 5.58. The lowest BCUT2D eigenvalue weighted by Gasteiger charge is -2.38. The van der Waals surface area contributed by atoms with Gasteiger partial charge in [-0.15, -0.1) is 0 Å². The quantitative estimate of drug-likeness (QED) is 0.904. The molecular formula is C16H25FN2O2S. The zero-order valence-electron chi connectivity index (χ0n) is 13.4. The molecule has 0 aliphatic carbocycles. The predicted molar refractivity (Wildman–Crippen MR) is 86.6 cm³/mol. The summed E-state index contributed by atoms with van der Waals surface area (Å²) < 4.78 is 38.0. The van der Waals surface area contributed by atoms with Crippen LogP contribution in [0.2, 0.25) is 0 Å². The van der Waals surface area contributed by atoms with Crippen LogP contribution in [0.4, 0.5) is 4.39 Å². The van der Waals surface area contributed by atoms with Gasteiger partial charge in [-0.3, -0.25) is 0 Å². The van der Waals surface area contributed by atoms with Crippen LogP contribution in [0.3, 0.4) is 0 Å². The second kappa shape index (κ2) is 7.06. The van der Waals surface area contributed by atoms with E-state index in [1.807, 2.05) is 0 Å². The van der Waals surface area contributed by atoms with E-state index >= 15 is 0 Å². The fourth-order valence-electron chi connectivity index (χ4n) is 3.10. The molecule has 1 aliphatic heterocycles. The topological polar surface area (TPSA) is 49.4 Å². The van der Waals surface area contributed by atoms with E-state index in [4.69, 9.17) is 0 Å². The maximum absolute atomic E-state index is 13.0. The molecule has 0 saturated carbocycles. The molecule has 22 heavy (non-hydrogen) atoms. The van der Waals surface area contributed by atoms with Gasteiger partial charge in [0.05, 0.1) is 6.26 Å². The molecule has 2 rings (SSSR count). The van der Waals surface area contributed by atoms with E-state index in [2.05, 4.69) is 19.2 Å². The fraction of sp³-hybridized carbons (Fsp3) is 0.625. The molecule has 6 heteroatoms. The molecule has 1 aromatic rings. The van der Waals surface area contributed by atoms with E-state index < -0.39 is 10.0 Å². The SMILES string of the molecule is CC[C@@H]1CN(S(C)(=O)=O)CC[C@H]1N[C@@H](C)c1ccc(F)cc1. The smallest absolute Gasteiger partial charge is 0.211 e. The average Bonchev–Trinajstić information content (AvgIpc) is 2.47. The van der Waals surface area contributed by atoms with Gasteiger partial charge in [-0.1, -0.05) is 25.5 Å². The molecule has 1 aromatic carbocycles. The van der Waals surface area contributed by atoms with E-state index in [9.17, 15) is 12.8 Å². The minimum Gasteiger partial charge on any atom is -0.307 e. The lowest BCUT2D eigenvalue weighted by atomic mass is 9.90. The Hall–Kier alpha value is -0.980. The van der Waals surface area contributed by atoms with Gasteiger partial charge in [-0.25, -0.2) is 17.1 Å². The number of hydrogen-bond acceptors (Lipinski definition) is 3. The van der Waals surface area contributed by atoms with Crippen molar-refractivity contribution in [3.8, 4) is 0 Å². The number of nitrogens with zero attached hydrogens (tertiary/aromatic N) is 1. The van der Waals surface area contributed by atoms with Gasteiger partial charge in [-0.2, -0.15) is 0 Å². The maximum atomic E-state index is 13.0. The minimum absolute atomic E-state index is 0.115. The van der Waals surface area contributed by atoms with E-state index in [1.54, 1.807) is 16.4 Å². The highest BCUT2D eigenvalue weighted by Crippen LogP contribution is 2.25. The molecular weight excluding hydrogens is 303 g/mol. The van der Waals surface area contributed by atoms with Crippen LogP contribution in [0.1, 0.15) is 38.3 Å². The predicted octanol–water partition coefficient (Wildman–Crippen LogP) is 2.54. The van der Waals surface area contributed by atoms with Gasteiger partial charge in [0.15, 0.2) is 0 Å². The van der Waals surface area contributed by atoms with Crippen LogP contribution < -0.4 is 5.32 Å². The molecule has 124 valence electrons. The molecule has 0 aromatic heterocycles. The molecule has 0 amide bonds. The van der Waals surface area contributed by atoms with Crippen LogP contribution in [0.15, 0.2) is 24.3 Å². The molecule has 0 spiro atoms. The minimum atomic E-state index is -3.11. The summed E-state index contributed by atoms with van der Waals surface area (Å²) in [5.74, 6) is 0.0650. The van der Waals surface area contributed by atoms with E-state index in [0.717, 1.165) is 18.4 Å². The molecule has 1 saturated heterocycles. The number of sulfonamides is 1. The third-order valence-electron chi connectivity index (χ3n) is 4.52. The second-order valence-electron chi connectivity index (χ2n) is 6.12. The summed E-state index contributed by atoms with van der Waals surface area (Å²) >= 11 is 0. The van der Waals surface area contributed by atoms with Gasteiger partial charge < -0.3 is 5.32 Å². The van der Waals surface area contributed by atoms with Crippen LogP contribution in [-0.4, -0.2) is 38.1 Å². The van der Waals surface area contributed by atoms with E-state index in [1.165, 1.54) is 18.4 Å². The Labute approximate surface area is 132 Å². The van der Waals surface area contributed by atoms with Crippen LogP contribution >= 0.6 is 0 Å². The first-order valence-corrected chi connectivity index (χ1v) is 9.62. The zero-order valence-corrected chi connectivity index (χ0v) is 14.2. The van der Waals surface area contributed by atoms with E-state index in [0.29, 0.717) is 19.0 Å². The first-order valence-electron chi connectivity index (χ1n) is 7.78. The van der Waals surface area contributed by atoms with Crippen molar-refractivity contribution in [1.82, 2.24) is 9.62 Å². The summed E-state index contributed by atoms with van der Waals surface area (Å²) in [6.07, 6.45) is 3.01. The van der Waals surface area contributed by atoms with Crippen molar-refractivity contribution < 1.29 is 12.8 Å². The molecule has 3 atom stereocenters. The van der Waals surface area contributed by atoms with Crippen molar-refractivity contribution in [3.63, 3.8) is 0 Å². The summed E-state index contributed by atoms with van der Waals surface area (Å²) in [7, 11) is -3.11. The van der Waals surface area contributed by atoms with Crippen molar-refractivity contribution in [2.45, 2.75) is 38.8 Å². The molecule has 1 N–H and O–H groups in total. The Balaban J connectivity index is 2.01. The Bertz CT molecular complexity index is 589. The van der Waals surface area contributed by atoms with Crippen molar-refractivity contribution in [2.24, 2.45) is 5.92 Å². The number of rotatable bonds is 5. The highest BCUT2D eigenvalue weighted by atomic mass is 32.2. The van der Waals surface area contributed by atoms with Gasteiger partial charge >= 0.3 is 0 Å². The average molecular weight is 328 g/mol. The number of nitrogens with one attached hydrogen (secondary N) is 1. The zero-order chi connectivity index (χ0) is 16.3. The fourth-order valence-corrected chi connectivity index (χ4v) is 4.00. The third kappa shape index (κ3) is 4.27. The van der Waals surface area contributed by atoms with Gasteiger partial charge in [-0.05, 0) is 37.0 Å². The summed E-state index contributed by atoms with van der Waals surface area (Å²) in [5.41, 5.74) is 1.04. The summed E-state index contributed by atoms with van der Waals surface area (Å²) in [6, 6.07) is 6.92. The van der Waals surface area contributed by atoms with Crippen LogP contribution in [0.5, 0.6) is 0 Å². The first kappa shape index (κ1) is 17.4. The van der Waals surface area contributed by atoms with Crippen LogP contribution in [-0.2, 0) is 10.0 Å². The summed E-state index contributed by atoms with van der Waals surface area (Å²) in [4.78, 5) is 0. The summed E-state index contributed by atoms with van der Waals surface area (Å²) in [6.45, 7) is 5.28. The van der Waals surface area contributed by atoms with Gasteiger partial charge in [0.25, 0.3) is 0 Å². The monoisotopic (exact) mass is 328 g/mol. The van der Waals surface area contributed by atoms with Gasteiger partial charge in [0.1, 0.15) is 5.82 Å². The second-order valence-corrected chi connectivity index (χ2v) is 8.11. The lowest BCUT2D eigenvalue weighted by Crippen LogP contribution is -2.51. The Morgan fingerprint density at radius 1 is 1.36 bits per heavy atom. The van der Waals surface area contributed by atoms with Gasteiger partial charge in [0, 0.05) is 25.2 Å². The van der Waals surface area contributed by atoms with Crippen molar-refractivity contribution in [2.75, 3.05) is 19.3 Å². The number of piperidine rings is 1. The van der Waals surface area contributed by atoms with Gasteiger partial charge in [0.2, 0.25) is 10.0 Å². The third-order valence-corrected chi connectivity index (χ3v) is 5.79. The number of halogens is 1. The van der Waals surface area contributed by atoms with Crippen LogP contribution in [0, 0.1) is 11.7 Å². The highest BCUT2D eigenvalue weighted by molar-refractivity contribution is 7.88. The molecule has 1 aliphatic rings. The lowest BCUT2D eigenvalue weighted by molar-refractivity contribution is 0.193. The molecule has 0 unspecified atom stereocenters. The molecule has 1 heterocycles. The van der Waals surface area contributed by atoms with Crippen molar-refractivity contribution in [3.05, 3.63) is 35.6 Å². The van der Waals surface area contributed by atoms with E-state index in [-0.39, 0.29) is 17.9 Å². The normalized spacial score (nSPS) is 25.1. The van der Waals surface area contributed by atoms with Crippen molar-refractivity contribution in [1.29, 1.82) is 0 Å². The maximum Gasteiger partial charge on any atom is 0.211 e. The highest BCUT2D eigenvalue weighted by Gasteiger charge is 2.32. The van der Waals surface area contributed by atoms with Crippen LogP contribution in [0.25, 0.3) is 0 Å². The molecule has 1 fully saturated rings. The largest absolute Gasteiger partial charge is 0.307 e. The molecule has 4 nitrogen and oxygen atoms in total.